The predicted octanol–water partition coefficient (Wildman–Crippen LogP) is 7.40. The minimum Gasteiger partial charge on any atom is -0.457 e. The number of carbonyl (C=O) groups excluding carboxylic acids is 1. The van der Waals surface area contributed by atoms with Crippen LogP contribution in [0.3, 0.4) is 0 Å². The van der Waals surface area contributed by atoms with Gasteiger partial charge >= 0.3 is 0 Å². The third-order valence-corrected chi connectivity index (χ3v) is 5.69. The van der Waals surface area contributed by atoms with Gasteiger partial charge in [0.25, 0.3) is 5.24 Å². The molecule has 1 aliphatic heterocycles. The molecule has 2 heterocycles. The number of thioether (sulfide) groups is 1. The summed E-state index contributed by atoms with van der Waals surface area (Å²) in [7, 11) is 0. The Hall–Kier alpha value is -2.47. The molecule has 7 heteroatoms. The third kappa shape index (κ3) is 4.58. The average molecular weight is 443 g/mol. The normalized spacial score (nSPS) is 16.6. The Labute approximate surface area is 182 Å². The molecule has 0 atom stereocenters. The van der Waals surface area contributed by atoms with Gasteiger partial charge in [0, 0.05) is 15.6 Å². The van der Waals surface area contributed by atoms with Crippen molar-refractivity contribution in [3.05, 3.63) is 80.4 Å². The van der Waals surface area contributed by atoms with Crippen molar-refractivity contribution < 1.29 is 9.21 Å². The maximum absolute atomic E-state index is 11.9. The molecule has 146 valence electrons. The van der Waals surface area contributed by atoms with Crippen LogP contribution in [-0.2, 0) is 0 Å². The number of hydrogen-bond acceptors (Lipinski definition) is 4. The third-order valence-electron chi connectivity index (χ3n) is 4.44. The van der Waals surface area contributed by atoms with Gasteiger partial charge in [-0.1, -0.05) is 29.3 Å². The number of rotatable bonds is 3. The summed E-state index contributed by atoms with van der Waals surface area (Å²) in [6.45, 7) is 4.08. The van der Waals surface area contributed by atoms with Gasteiger partial charge in [-0.15, -0.1) is 0 Å². The summed E-state index contributed by atoms with van der Waals surface area (Å²) in [6.07, 6.45) is 1.79. The van der Waals surface area contributed by atoms with Gasteiger partial charge in [0.15, 0.2) is 0 Å². The van der Waals surface area contributed by atoms with E-state index in [1.807, 2.05) is 44.2 Å². The van der Waals surface area contributed by atoms with E-state index >= 15 is 0 Å². The van der Waals surface area contributed by atoms with Crippen molar-refractivity contribution in [1.29, 1.82) is 0 Å². The number of amides is 1. The summed E-state index contributed by atoms with van der Waals surface area (Å²) < 4.78 is 5.91. The Morgan fingerprint density at radius 1 is 1.00 bits per heavy atom. The largest absolute Gasteiger partial charge is 0.457 e. The lowest BCUT2D eigenvalue weighted by atomic mass is 10.1. The lowest BCUT2D eigenvalue weighted by Crippen LogP contribution is -2.18. The number of benzene rings is 2. The molecule has 2 aromatic carbocycles. The van der Waals surface area contributed by atoms with E-state index in [0.717, 1.165) is 28.6 Å². The van der Waals surface area contributed by atoms with Crippen molar-refractivity contribution >= 4 is 57.8 Å². The number of nitrogens with zero attached hydrogens (tertiary/aromatic N) is 1. The van der Waals surface area contributed by atoms with Crippen LogP contribution in [0.4, 0.5) is 10.5 Å². The van der Waals surface area contributed by atoms with Gasteiger partial charge in [-0.05, 0) is 85.3 Å². The van der Waals surface area contributed by atoms with Crippen LogP contribution in [0.5, 0.6) is 0 Å². The van der Waals surface area contributed by atoms with E-state index in [9.17, 15) is 4.79 Å². The average Bonchev–Trinajstić information content (AvgIpc) is 3.24. The summed E-state index contributed by atoms with van der Waals surface area (Å²) >= 11 is 13.2. The Kier molecular flexibility index (Phi) is 5.54. The topological polar surface area (TPSA) is 54.6 Å². The van der Waals surface area contributed by atoms with Crippen molar-refractivity contribution in [2.45, 2.75) is 13.8 Å². The molecule has 1 saturated heterocycles. The molecule has 0 unspecified atom stereocenters. The van der Waals surface area contributed by atoms with Crippen LogP contribution in [0.15, 0.2) is 62.8 Å². The Morgan fingerprint density at radius 2 is 1.76 bits per heavy atom. The minimum absolute atomic E-state index is 0.174. The van der Waals surface area contributed by atoms with E-state index < -0.39 is 0 Å². The van der Waals surface area contributed by atoms with Crippen molar-refractivity contribution in [2.75, 3.05) is 0 Å². The number of hydrogen-bond donors (Lipinski definition) is 1. The molecule has 1 amide bonds. The van der Waals surface area contributed by atoms with E-state index in [1.165, 1.54) is 5.56 Å². The van der Waals surface area contributed by atoms with Gasteiger partial charge < -0.3 is 9.73 Å². The fourth-order valence-corrected chi connectivity index (χ4v) is 4.09. The SMILES string of the molecule is Cc1ccc(N=C2NC(=O)S/C2=C\c2ccc(-c3cc(Cl)cc(Cl)c3)o2)cc1C. The lowest BCUT2D eigenvalue weighted by molar-refractivity contribution is 0.265. The molecule has 1 N–H and O–H groups in total. The van der Waals surface area contributed by atoms with Crippen LogP contribution in [0.1, 0.15) is 16.9 Å². The molecule has 1 fully saturated rings. The van der Waals surface area contributed by atoms with E-state index in [2.05, 4.69) is 10.3 Å². The van der Waals surface area contributed by atoms with Crippen molar-refractivity contribution in [3.8, 4) is 11.3 Å². The highest BCUT2D eigenvalue weighted by Crippen LogP contribution is 2.32. The molecule has 0 spiro atoms. The molecule has 1 aliphatic rings. The van der Waals surface area contributed by atoms with Gasteiger partial charge in [-0.25, -0.2) is 4.99 Å². The van der Waals surface area contributed by atoms with Crippen molar-refractivity contribution in [1.82, 2.24) is 5.32 Å². The first kappa shape index (κ1) is 19.8. The van der Waals surface area contributed by atoms with Gasteiger partial charge in [-0.3, -0.25) is 4.79 Å². The van der Waals surface area contributed by atoms with E-state index in [4.69, 9.17) is 27.6 Å². The Morgan fingerprint density at radius 3 is 2.48 bits per heavy atom. The van der Waals surface area contributed by atoms with E-state index in [1.54, 1.807) is 24.3 Å². The summed E-state index contributed by atoms with van der Waals surface area (Å²) in [4.78, 5) is 17.2. The van der Waals surface area contributed by atoms with E-state index in [0.29, 0.717) is 32.3 Å². The lowest BCUT2D eigenvalue weighted by Gasteiger charge is -2.03. The number of aliphatic imine (C=N–C) groups is 1. The Balaban J connectivity index is 1.65. The van der Waals surface area contributed by atoms with Gasteiger partial charge in [-0.2, -0.15) is 0 Å². The summed E-state index contributed by atoms with van der Waals surface area (Å²) in [6, 6.07) is 14.8. The number of halogens is 2. The second-order valence-electron chi connectivity index (χ2n) is 6.61. The first-order valence-corrected chi connectivity index (χ1v) is 10.4. The van der Waals surface area contributed by atoms with Crippen LogP contribution in [0, 0.1) is 13.8 Å². The van der Waals surface area contributed by atoms with Crippen LogP contribution in [0.2, 0.25) is 10.0 Å². The number of carbonyl (C=O) groups is 1. The second-order valence-corrected chi connectivity index (χ2v) is 8.50. The molecule has 4 rings (SSSR count). The summed E-state index contributed by atoms with van der Waals surface area (Å²) in [5.41, 5.74) is 3.90. The number of aryl methyl sites for hydroxylation is 2. The van der Waals surface area contributed by atoms with E-state index in [-0.39, 0.29) is 5.24 Å². The standard InChI is InChI=1S/C22H16Cl2N2O2S/c1-12-3-4-17(7-13(12)2)25-21-20(29-22(27)26-21)11-18-5-6-19(28-18)14-8-15(23)10-16(24)9-14/h3-11H,1-2H3,(H,25,26,27)/b20-11-. The zero-order valence-electron chi connectivity index (χ0n) is 15.6. The molecule has 4 nitrogen and oxygen atoms in total. The van der Waals surface area contributed by atoms with Gasteiger partial charge in [0.05, 0.1) is 10.6 Å². The smallest absolute Gasteiger partial charge is 0.289 e. The highest BCUT2D eigenvalue weighted by molar-refractivity contribution is 8.18. The molecule has 0 bridgehead atoms. The Bertz CT molecular complexity index is 1160. The van der Waals surface area contributed by atoms with Crippen LogP contribution in [-0.4, -0.2) is 11.1 Å². The zero-order chi connectivity index (χ0) is 20.5. The fourth-order valence-electron chi connectivity index (χ4n) is 2.85. The van der Waals surface area contributed by atoms with Crippen LogP contribution >= 0.6 is 35.0 Å². The quantitative estimate of drug-likeness (QED) is 0.459. The van der Waals surface area contributed by atoms with Crippen molar-refractivity contribution in [3.63, 3.8) is 0 Å². The molecular weight excluding hydrogens is 427 g/mol. The second kappa shape index (κ2) is 8.11. The number of furan rings is 1. The first-order valence-electron chi connectivity index (χ1n) is 8.80. The molecule has 3 aromatic rings. The first-order chi connectivity index (χ1) is 13.9. The molecule has 29 heavy (non-hydrogen) atoms. The molecule has 0 radical (unpaired) electrons. The maximum Gasteiger partial charge on any atom is 0.289 e. The highest BCUT2D eigenvalue weighted by Gasteiger charge is 2.24. The van der Waals surface area contributed by atoms with Crippen molar-refractivity contribution in [2.24, 2.45) is 4.99 Å². The molecule has 1 aromatic heterocycles. The maximum atomic E-state index is 11.9. The predicted molar refractivity (Wildman–Crippen MR) is 121 cm³/mol. The van der Waals surface area contributed by atoms with Gasteiger partial charge in [0.1, 0.15) is 17.4 Å². The summed E-state index contributed by atoms with van der Waals surface area (Å²) in [5, 5.41) is 3.69. The zero-order valence-corrected chi connectivity index (χ0v) is 18.0. The minimum atomic E-state index is -0.174. The number of amidine groups is 1. The molecule has 0 aliphatic carbocycles. The van der Waals surface area contributed by atoms with Gasteiger partial charge in [0.2, 0.25) is 0 Å². The van der Waals surface area contributed by atoms with Crippen LogP contribution in [0.25, 0.3) is 17.4 Å². The molecular formula is C22H16Cl2N2O2S. The fraction of sp³-hybridized carbons (Fsp3) is 0.0909. The van der Waals surface area contributed by atoms with Crippen LogP contribution < -0.4 is 5.32 Å². The highest BCUT2D eigenvalue weighted by atomic mass is 35.5. The number of nitrogens with one attached hydrogen (secondary N) is 1. The molecule has 0 saturated carbocycles. The monoisotopic (exact) mass is 442 g/mol. The summed E-state index contributed by atoms with van der Waals surface area (Å²) in [5.74, 6) is 1.74.